The van der Waals surface area contributed by atoms with Crippen LogP contribution in [0.1, 0.15) is 84.2 Å². The Labute approximate surface area is 155 Å². The van der Waals surface area contributed by atoms with Crippen LogP contribution in [0.4, 0.5) is 0 Å². The molecule has 4 heteroatoms. The Morgan fingerprint density at radius 1 is 0.960 bits per heavy atom. The predicted molar refractivity (Wildman–Crippen MR) is 108 cm³/mol. The highest BCUT2D eigenvalue weighted by Gasteiger charge is 2.47. The smallest absolute Gasteiger partial charge is 0.338 e. The molecule has 0 bridgehead atoms. The van der Waals surface area contributed by atoms with Crippen LogP contribution in [-0.2, 0) is 4.74 Å². The first-order valence-electron chi connectivity index (χ1n) is 9.57. The van der Waals surface area contributed by atoms with Crippen molar-refractivity contribution in [3.63, 3.8) is 0 Å². The van der Waals surface area contributed by atoms with Gasteiger partial charge >= 0.3 is 5.97 Å². The van der Waals surface area contributed by atoms with Gasteiger partial charge in [0.25, 0.3) is 8.32 Å². The summed E-state index contributed by atoms with van der Waals surface area (Å²) < 4.78 is 12.0. The minimum Gasteiger partial charge on any atom is -0.543 e. The molecule has 0 aliphatic rings. The highest BCUT2D eigenvalue weighted by molar-refractivity contribution is 6.78. The number of carbonyl (C=O) groups is 1. The summed E-state index contributed by atoms with van der Waals surface area (Å²) in [4.78, 5) is 12.2. The largest absolute Gasteiger partial charge is 0.543 e. The average Bonchev–Trinajstić information content (AvgIpc) is 2.51. The molecular formula is C21H36O3Si. The molecule has 1 aromatic carbocycles. The summed E-state index contributed by atoms with van der Waals surface area (Å²) in [6, 6.07) is 5.85. The summed E-state index contributed by atoms with van der Waals surface area (Å²) >= 11 is 0. The average molecular weight is 365 g/mol. The lowest BCUT2D eigenvalue weighted by atomic mass is 9.97. The van der Waals surface area contributed by atoms with Crippen LogP contribution in [0.15, 0.2) is 18.2 Å². The molecule has 0 radical (unpaired) electrons. The molecule has 0 fully saturated rings. The van der Waals surface area contributed by atoms with Gasteiger partial charge in [-0.15, -0.1) is 0 Å². The fraction of sp³-hybridized carbons (Fsp3) is 0.667. The van der Waals surface area contributed by atoms with Gasteiger partial charge in [-0.1, -0.05) is 55.4 Å². The van der Waals surface area contributed by atoms with Crippen molar-refractivity contribution in [2.45, 2.75) is 84.9 Å². The molecule has 0 saturated carbocycles. The third kappa shape index (κ3) is 4.66. The minimum atomic E-state index is -2.00. The zero-order valence-corrected chi connectivity index (χ0v) is 18.5. The SMILES string of the molecule is CCOC(=O)c1ccc(O[Si](C(C)C)(C(C)C)C(C)C)cc1C(C)C. The maximum absolute atomic E-state index is 12.2. The highest BCUT2D eigenvalue weighted by Crippen LogP contribution is 2.43. The number of hydrogen-bond donors (Lipinski definition) is 0. The van der Waals surface area contributed by atoms with Crippen molar-refractivity contribution >= 4 is 14.3 Å². The monoisotopic (exact) mass is 364 g/mol. The van der Waals surface area contributed by atoms with Crippen LogP contribution in [0.3, 0.4) is 0 Å². The van der Waals surface area contributed by atoms with E-state index >= 15 is 0 Å². The fourth-order valence-electron chi connectivity index (χ4n) is 4.03. The summed E-state index contributed by atoms with van der Waals surface area (Å²) in [5, 5.41) is 0. The molecule has 0 amide bonds. The summed E-state index contributed by atoms with van der Waals surface area (Å²) in [7, 11) is -2.00. The van der Waals surface area contributed by atoms with E-state index in [9.17, 15) is 4.79 Å². The van der Waals surface area contributed by atoms with Gasteiger partial charge in [0.1, 0.15) is 5.75 Å². The molecule has 0 spiro atoms. The lowest BCUT2D eigenvalue weighted by Gasteiger charge is -2.42. The standard InChI is InChI=1S/C21H36O3Si/c1-10-23-21(22)19-12-11-18(13-20(19)14(2)3)24-25(15(4)5,16(6)7)17(8)9/h11-17H,10H2,1-9H3. The lowest BCUT2D eigenvalue weighted by molar-refractivity contribution is 0.0524. The minimum absolute atomic E-state index is 0.233. The Kier molecular flexibility index (Phi) is 7.73. The third-order valence-corrected chi connectivity index (χ3v) is 11.1. The normalized spacial score (nSPS) is 12.4. The van der Waals surface area contributed by atoms with Gasteiger partial charge in [-0.2, -0.15) is 0 Å². The topological polar surface area (TPSA) is 35.5 Å². The second-order valence-electron chi connectivity index (χ2n) is 8.04. The fourth-order valence-corrected chi connectivity index (χ4v) is 9.28. The molecule has 3 nitrogen and oxygen atoms in total. The molecule has 0 saturated heterocycles. The molecule has 0 N–H and O–H groups in total. The number of benzene rings is 1. The Morgan fingerprint density at radius 2 is 1.48 bits per heavy atom. The van der Waals surface area contributed by atoms with E-state index in [4.69, 9.17) is 9.16 Å². The zero-order chi connectivity index (χ0) is 19.4. The molecule has 25 heavy (non-hydrogen) atoms. The van der Waals surface area contributed by atoms with Crippen LogP contribution >= 0.6 is 0 Å². The van der Waals surface area contributed by atoms with Gasteiger partial charge in [0.15, 0.2) is 0 Å². The van der Waals surface area contributed by atoms with Crippen LogP contribution in [-0.4, -0.2) is 20.9 Å². The number of ether oxygens (including phenoxy) is 1. The maximum atomic E-state index is 12.2. The second-order valence-corrected chi connectivity index (χ2v) is 13.4. The molecule has 1 aromatic rings. The van der Waals surface area contributed by atoms with Crippen molar-refractivity contribution in [1.29, 1.82) is 0 Å². The number of esters is 1. The highest BCUT2D eigenvalue weighted by atomic mass is 28.4. The Morgan fingerprint density at radius 3 is 1.88 bits per heavy atom. The van der Waals surface area contributed by atoms with Crippen LogP contribution in [0.25, 0.3) is 0 Å². The first kappa shape index (κ1) is 21.7. The zero-order valence-electron chi connectivity index (χ0n) is 17.5. The van der Waals surface area contributed by atoms with E-state index < -0.39 is 8.32 Å². The molecule has 142 valence electrons. The van der Waals surface area contributed by atoms with Crippen LogP contribution in [0.2, 0.25) is 16.6 Å². The lowest BCUT2D eigenvalue weighted by Crippen LogP contribution is -2.50. The number of carbonyl (C=O) groups excluding carboxylic acids is 1. The third-order valence-electron chi connectivity index (χ3n) is 5.14. The van der Waals surface area contributed by atoms with Gasteiger partial charge in [-0.3, -0.25) is 0 Å². The number of hydrogen-bond acceptors (Lipinski definition) is 3. The Hall–Kier alpha value is -1.29. The molecule has 0 heterocycles. The summed E-state index contributed by atoms with van der Waals surface area (Å²) in [5.74, 6) is 0.869. The van der Waals surface area contributed by atoms with E-state index in [1.165, 1.54) is 0 Å². The van der Waals surface area contributed by atoms with Gasteiger partial charge in [0.2, 0.25) is 0 Å². The second kappa shape index (κ2) is 8.88. The maximum Gasteiger partial charge on any atom is 0.338 e. The van der Waals surface area contributed by atoms with Crippen molar-refractivity contribution in [1.82, 2.24) is 0 Å². The Balaban J connectivity index is 3.34. The first-order valence-corrected chi connectivity index (χ1v) is 11.7. The van der Waals surface area contributed by atoms with Gasteiger partial charge < -0.3 is 9.16 Å². The van der Waals surface area contributed by atoms with E-state index in [1.807, 2.05) is 25.1 Å². The summed E-state index contributed by atoms with van der Waals surface area (Å²) in [6.07, 6.45) is 0. The number of rotatable bonds is 8. The van der Waals surface area contributed by atoms with Gasteiger partial charge in [-0.25, -0.2) is 4.79 Å². The quantitative estimate of drug-likeness (QED) is 0.388. The predicted octanol–water partition coefficient (Wildman–Crippen LogP) is 6.54. The van der Waals surface area contributed by atoms with E-state index in [0.29, 0.717) is 28.8 Å². The van der Waals surface area contributed by atoms with Crippen molar-refractivity contribution in [3.05, 3.63) is 29.3 Å². The Bertz CT molecular complexity index is 555. The molecule has 0 aliphatic heterocycles. The van der Waals surface area contributed by atoms with Gasteiger partial charge in [-0.05, 0) is 53.2 Å². The molecular weight excluding hydrogens is 328 g/mol. The van der Waals surface area contributed by atoms with Gasteiger partial charge in [0, 0.05) is 0 Å². The first-order chi connectivity index (χ1) is 11.6. The van der Waals surface area contributed by atoms with Crippen LogP contribution in [0.5, 0.6) is 5.75 Å². The molecule has 0 aliphatic carbocycles. The van der Waals surface area contributed by atoms with E-state index in [0.717, 1.165) is 11.3 Å². The van der Waals surface area contributed by atoms with Crippen LogP contribution in [0, 0.1) is 0 Å². The molecule has 0 unspecified atom stereocenters. The molecule has 1 rings (SSSR count). The van der Waals surface area contributed by atoms with E-state index in [1.54, 1.807) is 0 Å². The van der Waals surface area contributed by atoms with E-state index in [2.05, 4.69) is 55.4 Å². The van der Waals surface area contributed by atoms with E-state index in [-0.39, 0.29) is 11.9 Å². The van der Waals surface area contributed by atoms with Crippen molar-refractivity contribution in [2.24, 2.45) is 0 Å². The summed E-state index contributed by atoms with van der Waals surface area (Å²) in [5.41, 5.74) is 3.18. The molecule has 0 aromatic heterocycles. The molecule has 0 atom stereocenters. The van der Waals surface area contributed by atoms with Crippen LogP contribution < -0.4 is 4.43 Å². The van der Waals surface area contributed by atoms with Crippen molar-refractivity contribution in [2.75, 3.05) is 6.61 Å². The van der Waals surface area contributed by atoms with Crippen molar-refractivity contribution in [3.8, 4) is 5.75 Å². The van der Waals surface area contributed by atoms with Crippen molar-refractivity contribution < 1.29 is 14.0 Å². The van der Waals surface area contributed by atoms with Gasteiger partial charge in [0.05, 0.1) is 12.2 Å². The summed E-state index contributed by atoms with van der Waals surface area (Å²) in [6.45, 7) is 20.1.